The van der Waals surface area contributed by atoms with Gasteiger partial charge in [-0.1, -0.05) is 0 Å². The van der Waals surface area contributed by atoms with E-state index in [1.165, 1.54) is 21.3 Å². The summed E-state index contributed by atoms with van der Waals surface area (Å²) >= 11 is 0. The number of hydrogen-bond acceptors (Lipinski definition) is 6. The van der Waals surface area contributed by atoms with Crippen LogP contribution >= 0.6 is 0 Å². The van der Waals surface area contributed by atoms with E-state index in [1.807, 2.05) is 0 Å². The Kier molecular flexibility index (Phi) is 3.40. The summed E-state index contributed by atoms with van der Waals surface area (Å²) in [4.78, 5) is 24.5. The van der Waals surface area contributed by atoms with E-state index in [1.54, 1.807) is 0 Å². The molecule has 0 aromatic carbocycles. The van der Waals surface area contributed by atoms with Gasteiger partial charge in [0.25, 0.3) is 0 Å². The average Bonchev–Trinajstić information content (AvgIpc) is 2.81. The molecule has 0 aliphatic heterocycles. The molecule has 0 amide bonds. The predicted octanol–water partition coefficient (Wildman–Crippen LogP) is 0.190. The first-order valence-corrected chi connectivity index (χ1v) is 6.07. The summed E-state index contributed by atoms with van der Waals surface area (Å²) < 4.78 is 15.2. The highest BCUT2D eigenvalue weighted by atomic mass is 16.5. The van der Waals surface area contributed by atoms with E-state index in [2.05, 4.69) is 0 Å². The van der Waals surface area contributed by atoms with Gasteiger partial charge in [0, 0.05) is 20.0 Å². The minimum atomic E-state index is -1.80. The Morgan fingerprint density at radius 2 is 1.89 bits per heavy atom. The van der Waals surface area contributed by atoms with E-state index in [9.17, 15) is 14.7 Å². The van der Waals surface area contributed by atoms with Gasteiger partial charge in [0.05, 0.1) is 26.2 Å². The van der Waals surface area contributed by atoms with Crippen molar-refractivity contribution in [2.24, 2.45) is 5.41 Å². The third kappa shape index (κ3) is 1.63. The Hall–Kier alpha value is -1.40. The molecule has 0 heterocycles. The van der Waals surface area contributed by atoms with Crippen LogP contribution in [0.5, 0.6) is 0 Å². The van der Waals surface area contributed by atoms with Crippen molar-refractivity contribution >= 4 is 11.6 Å². The standard InChI is InChI=1S/C13H18O6/c1-17-7-13(16)9(14)4-5-12(13)6-8(18-2)10(19-3)11(12)15/h16H,4-7H2,1-3H3/t12-,13+/m0/s1. The minimum absolute atomic E-state index is 0.0896. The topological polar surface area (TPSA) is 82.1 Å². The number of Topliss-reactive ketones (excluding diaryl/α,β-unsaturated/α-hetero) is 2. The monoisotopic (exact) mass is 270 g/mol. The molecule has 2 aliphatic carbocycles. The molecule has 0 bridgehead atoms. The van der Waals surface area contributed by atoms with E-state index in [4.69, 9.17) is 14.2 Å². The number of aliphatic hydroxyl groups is 1. The first kappa shape index (κ1) is 14.0. The van der Waals surface area contributed by atoms with Crippen molar-refractivity contribution in [1.82, 2.24) is 0 Å². The van der Waals surface area contributed by atoms with Crippen LogP contribution in [0, 0.1) is 5.41 Å². The predicted molar refractivity (Wildman–Crippen MR) is 64.2 cm³/mol. The average molecular weight is 270 g/mol. The van der Waals surface area contributed by atoms with Crippen molar-refractivity contribution in [1.29, 1.82) is 0 Å². The lowest BCUT2D eigenvalue weighted by Gasteiger charge is -2.35. The van der Waals surface area contributed by atoms with Crippen molar-refractivity contribution in [3.8, 4) is 0 Å². The van der Waals surface area contributed by atoms with E-state index in [0.717, 1.165) is 0 Å². The van der Waals surface area contributed by atoms with Gasteiger partial charge in [0.15, 0.2) is 11.4 Å². The fourth-order valence-electron chi connectivity index (χ4n) is 3.12. The summed E-state index contributed by atoms with van der Waals surface area (Å²) in [5.41, 5.74) is -3.01. The van der Waals surface area contributed by atoms with E-state index >= 15 is 0 Å². The number of methoxy groups -OCH3 is 3. The fourth-order valence-corrected chi connectivity index (χ4v) is 3.12. The highest BCUT2D eigenvalue weighted by molar-refractivity contribution is 6.09. The summed E-state index contributed by atoms with van der Waals surface area (Å²) in [7, 11) is 4.20. The molecular formula is C13H18O6. The van der Waals surface area contributed by atoms with Gasteiger partial charge in [-0.25, -0.2) is 0 Å². The second-order valence-electron chi connectivity index (χ2n) is 4.97. The zero-order valence-electron chi connectivity index (χ0n) is 11.3. The molecular weight excluding hydrogens is 252 g/mol. The van der Waals surface area contributed by atoms with E-state index in [-0.39, 0.29) is 43.2 Å². The van der Waals surface area contributed by atoms with Crippen LogP contribution in [0.4, 0.5) is 0 Å². The number of ketones is 2. The largest absolute Gasteiger partial charge is 0.497 e. The maximum atomic E-state index is 12.5. The second kappa shape index (κ2) is 4.61. The Balaban J connectivity index is 2.46. The first-order chi connectivity index (χ1) is 8.96. The van der Waals surface area contributed by atoms with Gasteiger partial charge in [0.1, 0.15) is 5.76 Å². The second-order valence-corrected chi connectivity index (χ2v) is 4.97. The van der Waals surface area contributed by atoms with E-state index < -0.39 is 11.0 Å². The molecule has 106 valence electrons. The minimum Gasteiger partial charge on any atom is -0.497 e. The summed E-state index contributed by atoms with van der Waals surface area (Å²) in [6, 6.07) is 0. The van der Waals surface area contributed by atoms with Crippen molar-refractivity contribution in [3.05, 3.63) is 11.5 Å². The normalized spacial score (nSPS) is 34.5. The molecule has 19 heavy (non-hydrogen) atoms. The summed E-state index contributed by atoms with van der Waals surface area (Å²) in [5, 5.41) is 10.7. The number of ether oxygens (including phenoxy) is 3. The van der Waals surface area contributed by atoms with Crippen LogP contribution < -0.4 is 0 Å². The molecule has 6 nitrogen and oxygen atoms in total. The Morgan fingerprint density at radius 3 is 2.37 bits per heavy atom. The molecule has 0 aromatic heterocycles. The van der Waals surface area contributed by atoms with Gasteiger partial charge in [-0.2, -0.15) is 0 Å². The molecule has 2 aliphatic rings. The maximum absolute atomic E-state index is 12.5. The maximum Gasteiger partial charge on any atom is 0.210 e. The van der Waals surface area contributed by atoms with Gasteiger partial charge in [0.2, 0.25) is 11.5 Å². The lowest BCUT2D eigenvalue weighted by Crippen LogP contribution is -2.55. The van der Waals surface area contributed by atoms with Gasteiger partial charge < -0.3 is 19.3 Å². The third-order valence-corrected chi connectivity index (χ3v) is 4.19. The highest BCUT2D eigenvalue weighted by Crippen LogP contribution is 2.54. The number of rotatable bonds is 4. The molecule has 2 atom stereocenters. The summed E-state index contributed by atoms with van der Waals surface area (Å²) in [5.74, 6) is -0.281. The number of hydrogen-bond donors (Lipinski definition) is 1. The molecule has 0 aromatic rings. The smallest absolute Gasteiger partial charge is 0.210 e. The Labute approximate surface area is 111 Å². The summed E-state index contributed by atoms with van der Waals surface area (Å²) in [6.45, 7) is -0.203. The number of carbonyl (C=O) groups excluding carboxylic acids is 2. The van der Waals surface area contributed by atoms with Crippen LogP contribution in [0.25, 0.3) is 0 Å². The van der Waals surface area contributed by atoms with Crippen molar-refractivity contribution in [2.75, 3.05) is 27.9 Å². The van der Waals surface area contributed by atoms with Crippen LogP contribution in [0.3, 0.4) is 0 Å². The lowest BCUT2D eigenvalue weighted by atomic mass is 9.71. The Bertz CT molecular complexity index is 454. The fraction of sp³-hybridized carbons (Fsp3) is 0.692. The first-order valence-electron chi connectivity index (χ1n) is 6.07. The van der Waals surface area contributed by atoms with Crippen LogP contribution in [0.2, 0.25) is 0 Å². The molecule has 2 rings (SSSR count). The van der Waals surface area contributed by atoms with Crippen LogP contribution in [0.15, 0.2) is 11.5 Å². The zero-order chi connectivity index (χ0) is 14.3. The van der Waals surface area contributed by atoms with Gasteiger partial charge >= 0.3 is 0 Å². The SMILES string of the molecule is COC[C@@]1(O)C(=O)CC[C@@]12CC(OC)=C(OC)C2=O. The molecule has 0 saturated heterocycles. The Morgan fingerprint density at radius 1 is 1.21 bits per heavy atom. The van der Waals surface area contributed by atoms with Gasteiger partial charge in [-0.05, 0) is 6.42 Å². The number of carbonyl (C=O) groups is 2. The molecule has 6 heteroatoms. The van der Waals surface area contributed by atoms with Crippen LogP contribution in [-0.2, 0) is 23.8 Å². The molecule has 1 saturated carbocycles. The van der Waals surface area contributed by atoms with Crippen molar-refractivity contribution in [2.45, 2.75) is 24.9 Å². The quantitative estimate of drug-likeness (QED) is 0.785. The van der Waals surface area contributed by atoms with Gasteiger partial charge in [-0.15, -0.1) is 0 Å². The third-order valence-electron chi connectivity index (χ3n) is 4.19. The van der Waals surface area contributed by atoms with Crippen molar-refractivity contribution < 1.29 is 28.9 Å². The van der Waals surface area contributed by atoms with Crippen LogP contribution in [-0.4, -0.2) is 50.2 Å². The highest BCUT2D eigenvalue weighted by Gasteiger charge is 2.67. The molecule has 1 N–H and O–H groups in total. The summed E-state index contributed by atoms with van der Waals surface area (Å²) in [6.07, 6.45) is 0.598. The van der Waals surface area contributed by atoms with Crippen LogP contribution in [0.1, 0.15) is 19.3 Å². The molecule has 1 fully saturated rings. The van der Waals surface area contributed by atoms with Crippen molar-refractivity contribution in [3.63, 3.8) is 0 Å². The number of allylic oxidation sites excluding steroid dienone is 2. The molecule has 0 unspecified atom stereocenters. The zero-order valence-corrected chi connectivity index (χ0v) is 11.3. The van der Waals surface area contributed by atoms with Gasteiger partial charge in [-0.3, -0.25) is 9.59 Å². The molecule has 1 spiro atoms. The molecule has 0 radical (unpaired) electrons. The van der Waals surface area contributed by atoms with E-state index in [0.29, 0.717) is 5.76 Å². The lowest BCUT2D eigenvalue weighted by molar-refractivity contribution is -0.161.